The molecule has 0 saturated heterocycles. The average molecular weight is 421 g/mol. The number of pyridine rings is 2. The molecule has 30 heavy (non-hydrogen) atoms. The van der Waals surface area contributed by atoms with Crippen LogP contribution in [0.3, 0.4) is 0 Å². The van der Waals surface area contributed by atoms with Gasteiger partial charge in [-0.2, -0.15) is 4.98 Å². The first kappa shape index (κ1) is 19.8. The van der Waals surface area contributed by atoms with Crippen molar-refractivity contribution in [1.29, 1.82) is 0 Å². The van der Waals surface area contributed by atoms with E-state index in [0.717, 1.165) is 16.6 Å². The predicted molar refractivity (Wildman–Crippen MR) is 123 cm³/mol. The third kappa shape index (κ3) is 3.57. The van der Waals surface area contributed by atoms with Crippen LogP contribution in [0.4, 0.5) is 11.4 Å². The number of benzene rings is 2. The molecule has 0 atom stereocenters. The van der Waals surface area contributed by atoms with E-state index in [1.165, 1.54) is 0 Å². The van der Waals surface area contributed by atoms with Crippen molar-refractivity contribution in [3.05, 3.63) is 76.0 Å². The number of fused-ring (bicyclic) bond motifs is 1. The molecule has 0 amide bonds. The molecule has 4 aromatic rings. The highest BCUT2D eigenvalue weighted by Crippen LogP contribution is 2.28. The van der Waals surface area contributed by atoms with E-state index in [0.29, 0.717) is 40.1 Å². The lowest BCUT2D eigenvalue weighted by atomic mass is 10.0. The van der Waals surface area contributed by atoms with Gasteiger partial charge in [0.15, 0.2) is 5.65 Å². The Morgan fingerprint density at radius 2 is 1.87 bits per heavy atom. The number of hydrogen-bond acceptors (Lipinski definition) is 5. The van der Waals surface area contributed by atoms with Crippen LogP contribution in [0.2, 0.25) is 5.02 Å². The zero-order valence-corrected chi connectivity index (χ0v) is 17.4. The zero-order chi connectivity index (χ0) is 21.3. The van der Waals surface area contributed by atoms with Gasteiger partial charge in [-0.3, -0.25) is 9.36 Å². The van der Waals surface area contributed by atoms with Gasteiger partial charge >= 0.3 is 0 Å². The van der Waals surface area contributed by atoms with Gasteiger partial charge in [0.25, 0.3) is 5.56 Å². The van der Waals surface area contributed by atoms with Crippen LogP contribution in [0.5, 0.6) is 5.88 Å². The molecule has 0 bridgehead atoms. The van der Waals surface area contributed by atoms with Gasteiger partial charge in [0, 0.05) is 29.1 Å². The Balaban J connectivity index is 2.04. The number of halogens is 1. The first-order valence-electron chi connectivity index (χ1n) is 9.55. The first-order chi connectivity index (χ1) is 14.5. The number of nitrogen functional groups attached to an aromatic ring is 1. The van der Waals surface area contributed by atoms with Crippen LogP contribution in [0.25, 0.3) is 27.8 Å². The van der Waals surface area contributed by atoms with Gasteiger partial charge in [0.05, 0.1) is 23.7 Å². The Morgan fingerprint density at radius 3 is 2.57 bits per heavy atom. The van der Waals surface area contributed by atoms with Crippen LogP contribution in [-0.4, -0.2) is 23.2 Å². The van der Waals surface area contributed by atoms with Crippen LogP contribution >= 0.6 is 11.6 Å². The molecule has 3 N–H and O–H groups in total. The molecule has 2 aromatic heterocycles. The molecule has 152 valence electrons. The van der Waals surface area contributed by atoms with Crippen LogP contribution in [-0.2, 0) is 0 Å². The minimum atomic E-state index is -0.196. The Bertz CT molecular complexity index is 1280. The summed E-state index contributed by atoms with van der Waals surface area (Å²) in [6.45, 7) is 2.38. The minimum Gasteiger partial charge on any atom is -0.478 e. The lowest BCUT2D eigenvalue weighted by Crippen LogP contribution is -2.21. The maximum absolute atomic E-state index is 13.6. The molecule has 0 spiro atoms. The number of aromatic nitrogens is 2. The number of anilines is 2. The summed E-state index contributed by atoms with van der Waals surface area (Å²) in [5.74, 6) is 0.463. The molecule has 0 radical (unpaired) electrons. The van der Waals surface area contributed by atoms with Crippen molar-refractivity contribution in [3.8, 4) is 22.7 Å². The molecule has 2 aromatic carbocycles. The van der Waals surface area contributed by atoms with E-state index in [4.69, 9.17) is 22.1 Å². The van der Waals surface area contributed by atoms with E-state index in [1.807, 2.05) is 31.2 Å². The van der Waals surface area contributed by atoms with E-state index in [1.54, 1.807) is 48.0 Å². The monoisotopic (exact) mass is 420 g/mol. The van der Waals surface area contributed by atoms with Crippen molar-refractivity contribution in [2.75, 3.05) is 24.7 Å². The molecule has 0 aliphatic heterocycles. The SMILES string of the molecule is CCOc1ccc2cc(-c3ccc(N)c(NC)c3)c(=O)n(-c3ccc(Cl)cc3)c2n1. The number of hydrogen-bond donors (Lipinski definition) is 2. The maximum Gasteiger partial charge on any atom is 0.264 e. The second-order valence-electron chi connectivity index (χ2n) is 6.72. The second-order valence-corrected chi connectivity index (χ2v) is 7.16. The van der Waals surface area contributed by atoms with Gasteiger partial charge in [-0.15, -0.1) is 0 Å². The van der Waals surface area contributed by atoms with Crippen molar-refractivity contribution in [2.24, 2.45) is 0 Å². The third-order valence-corrected chi connectivity index (χ3v) is 5.09. The summed E-state index contributed by atoms with van der Waals surface area (Å²) in [5.41, 5.74) is 9.67. The summed E-state index contributed by atoms with van der Waals surface area (Å²) < 4.78 is 7.13. The van der Waals surface area contributed by atoms with E-state index >= 15 is 0 Å². The third-order valence-electron chi connectivity index (χ3n) is 4.84. The molecule has 0 aliphatic rings. The highest BCUT2D eigenvalue weighted by molar-refractivity contribution is 6.30. The summed E-state index contributed by atoms with van der Waals surface area (Å²) in [6, 6.07) is 18.1. The molecule has 7 heteroatoms. The largest absolute Gasteiger partial charge is 0.478 e. The van der Waals surface area contributed by atoms with Gasteiger partial charge in [-0.25, -0.2) is 0 Å². The van der Waals surface area contributed by atoms with Crippen LogP contribution in [0, 0.1) is 0 Å². The fourth-order valence-electron chi connectivity index (χ4n) is 3.37. The maximum atomic E-state index is 13.6. The van der Waals surface area contributed by atoms with Gasteiger partial charge < -0.3 is 15.8 Å². The molecule has 6 nitrogen and oxygen atoms in total. The van der Waals surface area contributed by atoms with E-state index < -0.39 is 0 Å². The van der Waals surface area contributed by atoms with Crippen molar-refractivity contribution < 1.29 is 4.74 Å². The number of nitrogens with one attached hydrogen (secondary N) is 1. The molecule has 0 aliphatic carbocycles. The minimum absolute atomic E-state index is 0.196. The fourth-order valence-corrected chi connectivity index (χ4v) is 3.50. The number of ether oxygens (including phenoxy) is 1. The van der Waals surface area contributed by atoms with Gasteiger partial charge in [0.1, 0.15) is 0 Å². The van der Waals surface area contributed by atoms with E-state index in [9.17, 15) is 4.79 Å². The summed E-state index contributed by atoms with van der Waals surface area (Å²) in [5, 5.41) is 4.46. The Morgan fingerprint density at radius 1 is 1.10 bits per heavy atom. The van der Waals surface area contributed by atoms with Gasteiger partial charge in [-0.1, -0.05) is 17.7 Å². The summed E-state index contributed by atoms with van der Waals surface area (Å²) in [7, 11) is 1.79. The highest BCUT2D eigenvalue weighted by Gasteiger charge is 2.15. The van der Waals surface area contributed by atoms with E-state index in [2.05, 4.69) is 10.3 Å². The summed E-state index contributed by atoms with van der Waals surface area (Å²) in [6.07, 6.45) is 0. The van der Waals surface area contributed by atoms with Crippen LogP contribution < -0.4 is 21.3 Å². The molecular weight excluding hydrogens is 400 g/mol. The van der Waals surface area contributed by atoms with E-state index in [-0.39, 0.29) is 5.56 Å². The number of rotatable bonds is 5. The predicted octanol–water partition coefficient (Wildman–Crippen LogP) is 4.73. The standard InChI is InChI=1S/C23H21ClN4O2/c1-3-30-21-11-5-15-12-18(14-4-10-19(25)20(13-14)26-2)23(29)28(22(15)27-21)17-8-6-16(24)7-9-17/h4-13,26H,3,25H2,1-2H3. The zero-order valence-electron chi connectivity index (χ0n) is 16.6. The van der Waals surface area contributed by atoms with Crippen molar-refractivity contribution >= 4 is 34.0 Å². The smallest absolute Gasteiger partial charge is 0.264 e. The summed E-state index contributed by atoms with van der Waals surface area (Å²) in [4.78, 5) is 18.2. The lowest BCUT2D eigenvalue weighted by Gasteiger charge is -2.15. The highest BCUT2D eigenvalue weighted by atomic mass is 35.5. The van der Waals surface area contributed by atoms with Gasteiger partial charge in [0.2, 0.25) is 5.88 Å². The molecule has 0 fully saturated rings. The quantitative estimate of drug-likeness (QED) is 0.456. The van der Waals surface area contributed by atoms with Crippen molar-refractivity contribution in [1.82, 2.24) is 9.55 Å². The number of nitrogens with zero attached hydrogens (tertiary/aromatic N) is 2. The molecular formula is C23H21ClN4O2. The fraction of sp³-hybridized carbons (Fsp3) is 0.130. The van der Waals surface area contributed by atoms with Crippen molar-refractivity contribution in [2.45, 2.75) is 6.92 Å². The molecule has 4 rings (SSSR count). The topological polar surface area (TPSA) is 82.2 Å². The Hall–Kier alpha value is -3.51. The van der Waals surface area contributed by atoms with Crippen molar-refractivity contribution in [3.63, 3.8) is 0 Å². The van der Waals surface area contributed by atoms with Gasteiger partial charge in [-0.05, 0) is 61.0 Å². The normalized spacial score (nSPS) is 10.9. The second kappa shape index (κ2) is 8.08. The van der Waals surface area contributed by atoms with Crippen LogP contribution in [0.15, 0.2) is 65.5 Å². The molecule has 0 unspecified atom stereocenters. The Labute approximate surface area is 178 Å². The Kier molecular flexibility index (Phi) is 5.33. The average Bonchev–Trinajstić information content (AvgIpc) is 2.75. The molecule has 0 saturated carbocycles. The summed E-state index contributed by atoms with van der Waals surface area (Å²) >= 11 is 6.06. The molecule has 2 heterocycles. The number of nitrogens with two attached hydrogens (primary N) is 1. The first-order valence-corrected chi connectivity index (χ1v) is 9.93. The van der Waals surface area contributed by atoms with Crippen LogP contribution in [0.1, 0.15) is 6.92 Å². The lowest BCUT2D eigenvalue weighted by molar-refractivity contribution is 0.328.